The van der Waals surface area contributed by atoms with Gasteiger partial charge in [-0.3, -0.25) is 0 Å². The van der Waals surface area contributed by atoms with E-state index in [-0.39, 0.29) is 0 Å². The van der Waals surface area contributed by atoms with Crippen LogP contribution in [0.3, 0.4) is 0 Å². The molecule has 0 aromatic rings. The first-order valence-corrected chi connectivity index (χ1v) is 3.58. The molecule has 0 unspecified atom stereocenters. The summed E-state index contributed by atoms with van der Waals surface area (Å²) in [6.45, 7) is -0.129. The van der Waals surface area contributed by atoms with E-state index in [4.69, 9.17) is 0 Å². The average molecular weight is 182 g/mol. The number of likely N-dealkylation sites (tertiary alicyclic amines) is 1. The Balaban J connectivity index is 2.18. The van der Waals surface area contributed by atoms with Crippen molar-refractivity contribution < 1.29 is 18.0 Å². The Hall–Kier alpha value is -0.940. The van der Waals surface area contributed by atoms with Crippen molar-refractivity contribution in [1.29, 1.82) is 0 Å². The molecular formula is C6H9F3N2O. The molecule has 70 valence electrons. The normalized spacial score (nSPS) is 17.1. The predicted octanol–water partition coefficient (Wildman–Crippen LogP) is 0.964. The SMILES string of the molecule is O=C(NCC(F)(F)F)N1CCC1. The highest BCUT2D eigenvalue weighted by atomic mass is 19.4. The third-order valence-corrected chi connectivity index (χ3v) is 1.58. The Kier molecular flexibility index (Phi) is 2.44. The van der Waals surface area contributed by atoms with Crippen LogP contribution in [0, 0.1) is 0 Å². The van der Waals surface area contributed by atoms with E-state index in [1.54, 1.807) is 5.32 Å². The standard InChI is InChI=1S/C6H9F3N2O/c7-6(8,9)4-10-5(12)11-2-1-3-11/h1-4H2,(H,10,12). The average Bonchev–Trinajstić information content (AvgIpc) is 1.78. The molecule has 2 amide bonds. The molecule has 0 saturated carbocycles. The summed E-state index contributed by atoms with van der Waals surface area (Å²) >= 11 is 0. The second-order valence-electron chi connectivity index (χ2n) is 2.61. The maximum atomic E-state index is 11.6. The highest BCUT2D eigenvalue weighted by Crippen LogP contribution is 2.13. The number of carbonyl (C=O) groups is 1. The van der Waals surface area contributed by atoms with Crippen LogP contribution in [0.15, 0.2) is 0 Å². The van der Waals surface area contributed by atoms with Gasteiger partial charge in [-0.1, -0.05) is 0 Å². The summed E-state index contributed by atoms with van der Waals surface area (Å²) in [7, 11) is 0. The molecule has 1 fully saturated rings. The predicted molar refractivity (Wildman–Crippen MR) is 35.6 cm³/mol. The van der Waals surface area contributed by atoms with Crippen molar-refractivity contribution in [2.24, 2.45) is 0 Å². The number of hydrogen-bond donors (Lipinski definition) is 1. The Bertz CT molecular complexity index is 176. The zero-order chi connectivity index (χ0) is 9.19. The molecule has 0 aliphatic carbocycles. The molecule has 0 bridgehead atoms. The maximum absolute atomic E-state index is 11.6. The number of amides is 2. The van der Waals surface area contributed by atoms with Gasteiger partial charge >= 0.3 is 12.2 Å². The first-order chi connectivity index (χ1) is 5.49. The van der Waals surface area contributed by atoms with Crippen LogP contribution in [0.1, 0.15) is 6.42 Å². The molecule has 6 heteroatoms. The van der Waals surface area contributed by atoms with Crippen LogP contribution >= 0.6 is 0 Å². The Morgan fingerprint density at radius 3 is 2.33 bits per heavy atom. The van der Waals surface area contributed by atoms with E-state index in [1.165, 1.54) is 4.90 Å². The van der Waals surface area contributed by atoms with Gasteiger partial charge in [0.2, 0.25) is 0 Å². The fourth-order valence-corrected chi connectivity index (χ4v) is 0.807. The molecule has 1 heterocycles. The van der Waals surface area contributed by atoms with Gasteiger partial charge < -0.3 is 10.2 Å². The lowest BCUT2D eigenvalue weighted by Gasteiger charge is -2.30. The third kappa shape index (κ3) is 2.60. The monoisotopic (exact) mass is 182 g/mol. The fraction of sp³-hybridized carbons (Fsp3) is 0.833. The van der Waals surface area contributed by atoms with Crippen LogP contribution in [0.25, 0.3) is 0 Å². The van der Waals surface area contributed by atoms with Gasteiger partial charge in [-0.2, -0.15) is 13.2 Å². The number of hydrogen-bond acceptors (Lipinski definition) is 1. The quantitative estimate of drug-likeness (QED) is 0.643. The van der Waals surface area contributed by atoms with Crippen molar-refractivity contribution in [2.75, 3.05) is 19.6 Å². The summed E-state index contributed by atoms with van der Waals surface area (Å²) in [5.74, 6) is 0. The fourth-order valence-electron chi connectivity index (χ4n) is 0.807. The minimum Gasteiger partial charge on any atom is -0.329 e. The van der Waals surface area contributed by atoms with E-state index in [0.29, 0.717) is 13.1 Å². The van der Waals surface area contributed by atoms with E-state index < -0.39 is 18.8 Å². The lowest BCUT2D eigenvalue weighted by molar-refractivity contribution is -0.123. The summed E-state index contributed by atoms with van der Waals surface area (Å²) in [5, 5.41) is 1.79. The minimum atomic E-state index is -4.32. The van der Waals surface area contributed by atoms with Crippen LogP contribution < -0.4 is 5.32 Å². The molecule has 1 aliphatic heterocycles. The molecule has 1 N–H and O–H groups in total. The van der Waals surface area contributed by atoms with Crippen LogP contribution in [-0.4, -0.2) is 36.7 Å². The molecule has 0 aromatic heterocycles. The van der Waals surface area contributed by atoms with Gasteiger partial charge in [0.1, 0.15) is 6.54 Å². The summed E-state index contributed by atoms with van der Waals surface area (Å²) in [4.78, 5) is 12.1. The van der Waals surface area contributed by atoms with Crippen LogP contribution in [0.2, 0.25) is 0 Å². The highest BCUT2D eigenvalue weighted by Gasteiger charge is 2.29. The van der Waals surface area contributed by atoms with Gasteiger partial charge in [-0.05, 0) is 6.42 Å². The molecular weight excluding hydrogens is 173 g/mol. The van der Waals surface area contributed by atoms with Crippen molar-refractivity contribution >= 4 is 6.03 Å². The zero-order valence-electron chi connectivity index (χ0n) is 6.32. The summed E-state index contributed by atoms with van der Waals surface area (Å²) < 4.78 is 34.7. The summed E-state index contributed by atoms with van der Waals surface area (Å²) in [6.07, 6.45) is -3.44. The number of nitrogens with one attached hydrogen (secondary N) is 1. The molecule has 1 rings (SSSR count). The van der Waals surface area contributed by atoms with Gasteiger partial charge in [0.05, 0.1) is 0 Å². The van der Waals surface area contributed by atoms with Gasteiger partial charge in [0.15, 0.2) is 0 Å². The largest absolute Gasteiger partial charge is 0.405 e. The van der Waals surface area contributed by atoms with E-state index in [0.717, 1.165) is 6.42 Å². The second-order valence-corrected chi connectivity index (χ2v) is 2.61. The summed E-state index contributed by atoms with van der Waals surface area (Å²) in [6, 6.07) is -0.626. The Morgan fingerprint density at radius 1 is 1.42 bits per heavy atom. The second kappa shape index (κ2) is 3.20. The number of halogens is 3. The van der Waals surface area contributed by atoms with E-state index in [9.17, 15) is 18.0 Å². The molecule has 1 saturated heterocycles. The van der Waals surface area contributed by atoms with E-state index in [2.05, 4.69) is 0 Å². The number of rotatable bonds is 1. The zero-order valence-corrected chi connectivity index (χ0v) is 6.32. The minimum absolute atomic E-state index is 0.559. The van der Waals surface area contributed by atoms with Gasteiger partial charge in [-0.25, -0.2) is 4.79 Å². The van der Waals surface area contributed by atoms with Gasteiger partial charge in [-0.15, -0.1) is 0 Å². The molecule has 12 heavy (non-hydrogen) atoms. The van der Waals surface area contributed by atoms with Crippen molar-refractivity contribution in [3.8, 4) is 0 Å². The maximum Gasteiger partial charge on any atom is 0.405 e. The number of carbonyl (C=O) groups excluding carboxylic acids is 1. The first-order valence-electron chi connectivity index (χ1n) is 3.58. The third-order valence-electron chi connectivity index (χ3n) is 1.58. The molecule has 3 nitrogen and oxygen atoms in total. The lowest BCUT2D eigenvalue weighted by Crippen LogP contribution is -2.49. The lowest BCUT2D eigenvalue weighted by atomic mass is 10.2. The topological polar surface area (TPSA) is 32.3 Å². The van der Waals surface area contributed by atoms with Gasteiger partial charge in [0.25, 0.3) is 0 Å². The van der Waals surface area contributed by atoms with Crippen molar-refractivity contribution in [3.63, 3.8) is 0 Å². The van der Waals surface area contributed by atoms with Crippen LogP contribution in [0.4, 0.5) is 18.0 Å². The highest BCUT2D eigenvalue weighted by molar-refractivity contribution is 5.74. The van der Waals surface area contributed by atoms with E-state index >= 15 is 0 Å². The molecule has 0 spiro atoms. The van der Waals surface area contributed by atoms with Crippen LogP contribution in [0.5, 0.6) is 0 Å². The number of nitrogens with zero attached hydrogens (tertiary/aromatic N) is 1. The van der Waals surface area contributed by atoms with E-state index in [1.807, 2.05) is 0 Å². The first kappa shape index (κ1) is 9.15. The molecule has 1 aliphatic rings. The van der Waals surface area contributed by atoms with Crippen LogP contribution in [-0.2, 0) is 0 Å². The number of urea groups is 1. The summed E-state index contributed by atoms with van der Waals surface area (Å²) in [5.41, 5.74) is 0. The van der Waals surface area contributed by atoms with Gasteiger partial charge in [0, 0.05) is 13.1 Å². The Morgan fingerprint density at radius 2 is 2.00 bits per heavy atom. The van der Waals surface area contributed by atoms with Crippen molar-refractivity contribution in [1.82, 2.24) is 10.2 Å². The molecule has 0 atom stereocenters. The smallest absolute Gasteiger partial charge is 0.329 e. The van der Waals surface area contributed by atoms with Crippen molar-refractivity contribution in [2.45, 2.75) is 12.6 Å². The van der Waals surface area contributed by atoms with Crippen molar-refractivity contribution in [3.05, 3.63) is 0 Å². The Labute approximate surface area is 67.5 Å². The molecule has 0 aromatic carbocycles. The number of alkyl halides is 3. The molecule has 0 radical (unpaired) electrons.